The molecule has 0 aliphatic carbocycles. The normalized spacial score (nSPS) is 10.5. The fraction of sp³-hybridized carbons (Fsp3) is 0.556. The highest BCUT2D eigenvalue weighted by molar-refractivity contribution is 5.91. The fourth-order valence-corrected chi connectivity index (χ4v) is 1.01. The smallest absolute Gasteiger partial charge is 0.269 e. The molecule has 1 aromatic rings. The molecule has 0 unspecified atom stereocenters. The Morgan fingerprint density at radius 1 is 1.57 bits per heavy atom. The summed E-state index contributed by atoms with van der Waals surface area (Å²) in [4.78, 5) is 17.9. The SMILES string of the molecule is CC(C)NCCNC(=O)c1cnc[nH]1. The molecule has 1 rings (SSSR count). The van der Waals surface area contributed by atoms with Gasteiger partial charge in [0.15, 0.2) is 0 Å². The Morgan fingerprint density at radius 3 is 2.93 bits per heavy atom. The summed E-state index contributed by atoms with van der Waals surface area (Å²) in [7, 11) is 0. The predicted molar refractivity (Wildman–Crippen MR) is 54.1 cm³/mol. The van der Waals surface area contributed by atoms with Crippen molar-refractivity contribution in [1.29, 1.82) is 0 Å². The molecule has 0 aliphatic heterocycles. The van der Waals surface area contributed by atoms with Crippen LogP contribution in [0, 0.1) is 0 Å². The van der Waals surface area contributed by atoms with E-state index in [0.717, 1.165) is 6.54 Å². The number of nitrogens with zero attached hydrogens (tertiary/aromatic N) is 1. The second-order valence-corrected chi connectivity index (χ2v) is 3.33. The molecule has 5 heteroatoms. The first kappa shape index (κ1) is 10.7. The van der Waals surface area contributed by atoms with Crippen LogP contribution in [0.3, 0.4) is 0 Å². The van der Waals surface area contributed by atoms with Gasteiger partial charge in [0.25, 0.3) is 5.91 Å². The molecule has 3 N–H and O–H groups in total. The van der Waals surface area contributed by atoms with Crippen LogP contribution in [0.4, 0.5) is 0 Å². The van der Waals surface area contributed by atoms with E-state index in [1.165, 1.54) is 12.5 Å². The largest absolute Gasteiger partial charge is 0.349 e. The summed E-state index contributed by atoms with van der Waals surface area (Å²) >= 11 is 0. The van der Waals surface area contributed by atoms with E-state index in [1.54, 1.807) is 0 Å². The number of imidazole rings is 1. The van der Waals surface area contributed by atoms with E-state index in [1.807, 2.05) is 0 Å². The first-order valence-electron chi connectivity index (χ1n) is 4.70. The maximum absolute atomic E-state index is 11.3. The first-order chi connectivity index (χ1) is 6.70. The topological polar surface area (TPSA) is 69.8 Å². The molecule has 0 aliphatic rings. The number of rotatable bonds is 5. The maximum atomic E-state index is 11.3. The van der Waals surface area contributed by atoms with Crippen molar-refractivity contribution < 1.29 is 4.79 Å². The van der Waals surface area contributed by atoms with Crippen LogP contribution in [0.1, 0.15) is 24.3 Å². The Morgan fingerprint density at radius 2 is 2.36 bits per heavy atom. The van der Waals surface area contributed by atoms with Gasteiger partial charge in [-0.2, -0.15) is 0 Å². The summed E-state index contributed by atoms with van der Waals surface area (Å²) in [5.41, 5.74) is 0.495. The summed E-state index contributed by atoms with van der Waals surface area (Å²) in [6.07, 6.45) is 2.99. The average Bonchev–Trinajstić information content (AvgIpc) is 2.64. The zero-order valence-corrected chi connectivity index (χ0v) is 8.50. The number of carbonyl (C=O) groups is 1. The third kappa shape index (κ3) is 3.57. The lowest BCUT2D eigenvalue weighted by Crippen LogP contribution is -2.34. The van der Waals surface area contributed by atoms with Crippen LogP contribution in [0.15, 0.2) is 12.5 Å². The van der Waals surface area contributed by atoms with Crippen molar-refractivity contribution in [2.24, 2.45) is 0 Å². The van der Waals surface area contributed by atoms with Crippen LogP contribution in [0.2, 0.25) is 0 Å². The molecule has 14 heavy (non-hydrogen) atoms. The van der Waals surface area contributed by atoms with Gasteiger partial charge in [0.05, 0.1) is 12.5 Å². The molecule has 0 saturated carbocycles. The number of hydrogen-bond donors (Lipinski definition) is 3. The summed E-state index contributed by atoms with van der Waals surface area (Å²) < 4.78 is 0. The standard InChI is InChI=1S/C9H16N4O/c1-7(2)11-3-4-12-9(14)8-5-10-6-13-8/h5-7,11H,3-4H2,1-2H3,(H,10,13)(H,12,14). The van der Waals surface area contributed by atoms with Gasteiger partial charge < -0.3 is 15.6 Å². The third-order valence-electron chi connectivity index (χ3n) is 1.71. The minimum absolute atomic E-state index is 0.118. The molecule has 0 fully saturated rings. The van der Waals surface area contributed by atoms with Crippen LogP contribution < -0.4 is 10.6 Å². The lowest BCUT2D eigenvalue weighted by atomic mass is 10.4. The van der Waals surface area contributed by atoms with Crippen LogP contribution in [0.25, 0.3) is 0 Å². The summed E-state index contributed by atoms with van der Waals surface area (Å²) in [6, 6.07) is 0.444. The molecule has 5 nitrogen and oxygen atoms in total. The van der Waals surface area contributed by atoms with E-state index in [4.69, 9.17) is 0 Å². The molecule has 1 amide bonds. The van der Waals surface area contributed by atoms with Gasteiger partial charge in [0, 0.05) is 19.1 Å². The summed E-state index contributed by atoms with van der Waals surface area (Å²) in [5.74, 6) is -0.118. The van der Waals surface area contributed by atoms with Gasteiger partial charge in [-0.1, -0.05) is 13.8 Å². The monoisotopic (exact) mass is 196 g/mol. The lowest BCUT2D eigenvalue weighted by Gasteiger charge is -2.08. The van der Waals surface area contributed by atoms with E-state index in [-0.39, 0.29) is 5.91 Å². The zero-order valence-electron chi connectivity index (χ0n) is 8.50. The maximum Gasteiger partial charge on any atom is 0.269 e. The number of H-pyrrole nitrogens is 1. The Bertz CT molecular complexity index is 268. The molecule has 0 aromatic carbocycles. The van der Waals surface area contributed by atoms with Gasteiger partial charge in [-0.3, -0.25) is 4.79 Å². The van der Waals surface area contributed by atoms with E-state index in [2.05, 4.69) is 34.4 Å². The Labute approximate surface area is 83.3 Å². The Hall–Kier alpha value is -1.36. The molecule has 0 radical (unpaired) electrons. The Balaban J connectivity index is 2.16. The number of hydrogen-bond acceptors (Lipinski definition) is 3. The average molecular weight is 196 g/mol. The van der Waals surface area contributed by atoms with E-state index in [0.29, 0.717) is 18.3 Å². The van der Waals surface area contributed by atoms with Gasteiger partial charge >= 0.3 is 0 Å². The van der Waals surface area contributed by atoms with E-state index < -0.39 is 0 Å². The molecule has 1 heterocycles. The van der Waals surface area contributed by atoms with Gasteiger partial charge in [0.1, 0.15) is 5.69 Å². The van der Waals surface area contributed by atoms with Crippen LogP contribution >= 0.6 is 0 Å². The van der Waals surface area contributed by atoms with E-state index >= 15 is 0 Å². The molecular formula is C9H16N4O. The minimum atomic E-state index is -0.118. The molecular weight excluding hydrogens is 180 g/mol. The number of carbonyl (C=O) groups excluding carboxylic acids is 1. The van der Waals surface area contributed by atoms with Crippen LogP contribution in [0.5, 0.6) is 0 Å². The zero-order chi connectivity index (χ0) is 10.4. The fourth-order valence-electron chi connectivity index (χ4n) is 1.01. The number of aromatic nitrogens is 2. The van der Waals surface area contributed by atoms with Crippen molar-refractivity contribution >= 4 is 5.91 Å². The molecule has 1 aromatic heterocycles. The molecule has 78 valence electrons. The second-order valence-electron chi connectivity index (χ2n) is 3.33. The van der Waals surface area contributed by atoms with Gasteiger partial charge in [0.2, 0.25) is 0 Å². The quantitative estimate of drug-likeness (QED) is 0.587. The Kier molecular flexibility index (Phi) is 4.12. The highest BCUT2D eigenvalue weighted by Crippen LogP contribution is 1.88. The van der Waals surface area contributed by atoms with Crippen molar-refractivity contribution in [3.05, 3.63) is 18.2 Å². The van der Waals surface area contributed by atoms with Crippen molar-refractivity contribution in [2.45, 2.75) is 19.9 Å². The van der Waals surface area contributed by atoms with Crippen molar-refractivity contribution in [1.82, 2.24) is 20.6 Å². The van der Waals surface area contributed by atoms with Crippen molar-refractivity contribution in [2.75, 3.05) is 13.1 Å². The van der Waals surface area contributed by atoms with Crippen molar-refractivity contribution in [3.8, 4) is 0 Å². The highest BCUT2D eigenvalue weighted by atomic mass is 16.1. The number of nitrogens with one attached hydrogen (secondary N) is 3. The highest BCUT2D eigenvalue weighted by Gasteiger charge is 2.04. The molecule has 0 saturated heterocycles. The minimum Gasteiger partial charge on any atom is -0.349 e. The second kappa shape index (κ2) is 5.39. The number of aromatic amines is 1. The third-order valence-corrected chi connectivity index (χ3v) is 1.71. The predicted octanol–water partition coefficient (Wildman–Crippen LogP) is 0.137. The molecule has 0 spiro atoms. The first-order valence-corrected chi connectivity index (χ1v) is 4.70. The number of amides is 1. The van der Waals surface area contributed by atoms with Crippen LogP contribution in [-0.2, 0) is 0 Å². The van der Waals surface area contributed by atoms with Crippen molar-refractivity contribution in [3.63, 3.8) is 0 Å². The van der Waals surface area contributed by atoms with Gasteiger partial charge in [-0.15, -0.1) is 0 Å². The lowest BCUT2D eigenvalue weighted by molar-refractivity contribution is 0.0949. The van der Waals surface area contributed by atoms with Crippen LogP contribution in [-0.4, -0.2) is 35.0 Å². The summed E-state index contributed by atoms with van der Waals surface area (Å²) in [5, 5.41) is 5.97. The molecule has 0 bridgehead atoms. The van der Waals surface area contributed by atoms with Gasteiger partial charge in [-0.25, -0.2) is 4.98 Å². The molecule has 0 atom stereocenters. The van der Waals surface area contributed by atoms with E-state index in [9.17, 15) is 4.79 Å². The summed E-state index contributed by atoms with van der Waals surface area (Å²) in [6.45, 7) is 5.53. The van der Waals surface area contributed by atoms with Gasteiger partial charge in [-0.05, 0) is 0 Å².